The highest BCUT2D eigenvalue weighted by atomic mass is 32.1. The molecule has 56 heavy (non-hydrogen) atoms. The highest BCUT2D eigenvalue weighted by Gasteiger charge is 2.30. The number of fused-ring (bicyclic) bond motifs is 1. The second-order valence-corrected chi connectivity index (χ2v) is 17.7. The predicted octanol–water partition coefficient (Wildman–Crippen LogP) is 12.9. The first kappa shape index (κ1) is 49.7. The lowest BCUT2D eigenvalue weighted by atomic mass is 10.0. The van der Waals surface area contributed by atoms with Gasteiger partial charge in [-0.2, -0.15) is 0 Å². The molecule has 0 bridgehead atoms. The Bertz CT molecular complexity index is 1240. The molecule has 0 atom stereocenters. The number of allylic oxidation sites excluding steroid dienone is 4. The number of likely N-dealkylation sites (N-methyl/N-ethyl adjacent to an activating group) is 1. The summed E-state index contributed by atoms with van der Waals surface area (Å²) >= 11 is 1.48. The molecule has 1 aromatic heterocycles. The van der Waals surface area contributed by atoms with Crippen molar-refractivity contribution in [1.82, 2.24) is 15.1 Å². The highest BCUT2D eigenvalue weighted by molar-refractivity contribution is 7.17. The van der Waals surface area contributed by atoms with Crippen molar-refractivity contribution in [2.24, 2.45) is 0 Å². The standard InChI is InChI=1S/C48H84N4O3S/c1-5-7-9-11-13-15-17-19-21-23-25-27-29-31-33-35-44(53)50-48-46(47(55)49-38-40-51(3)4)42-37-39-52(41-43(42)56-48)45(54)36-34-32-30-28-26-24-22-20-18-16-14-12-10-8-6-2/h19-22H,5-18,23-41H2,1-4H3,(H,49,55)(H,50,53)/b21-19-,22-20-. The van der Waals surface area contributed by atoms with E-state index in [1.54, 1.807) is 0 Å². The van der Waals surface area contributed by atoms with E-state index in [1.165, 1.54) is 140 Å². The summed E-state index contributed by atoms with van der Waals surface area (Å²) in [6, 6.07) is 0. The van der Waals surface area contributed by atoms with Gasteiger partial charge in [-0.1, -0.05) is 141 Å². The van der Waals surface area contributed by atoms with E-state index in [-0.39, 0.29) is 17.7 Å². The van der Waals surface area contributed by atoms with Crippen LogP contribution in [0.3, 0.4) is 0 Å². The monoisotopic (exact) mass is 797 g/mol. The van der Waals surface area contributed by atoms with Crippen molar-refractivity contribution in [2.45, 2.75) is 207 Å². The van der Waals surface area contributed by atoms with Gasteiger partial charge < -0.3 is 20.4 Å². The van der Waals surface area contributed by atoms with Crippen LogP contribution in [0.1, 0.15) is 214 Å². The van der Waals surface area contributed by atoms with E-state index in [0.717, 1.165) is 55.5 Å². The van der Waals surface area contributed by atoms with Crippen LogP contribution in [0.4, 0.5) is 5.00 Å². The van der Waals surface area contributed by atoms with Crippen LogP contribution in [0.5, 0.6) is 0 Å². The highest BCUT2D eigenvalue weighted by Crippen LogP contribution is 2.37. The fourth-order valence-corrected chi connectivity index (χ4v) is 8.75. The van der Waals surface area contributed by atoms with Crippen molar-refractivity contribution in [1.29, 1.82) is 0 Å². The van der Waals surface area contributed by atoms with E-state index in [2.05, 4.69) is 48.8 Å². The zero-order chi connectivity index (χ0) is 40.5. The van der Waals surface area contributed by atoms with Crippen LogP contribution in [0.25, 0.3) is 0 Å². The van der Waals surface area contributed by atoms with Gasteiger partial charge in [-0.05, 0) is 90.3 Å². The van der Waals surface area contributed by atoms with Gasteiger partial charge in [0.1, 0.15) is 5.00 Å². The summed E-state index contributed by atoms with van der Waals surface area (Å²) in [6.45, 7) is 6.96. The Morgan fingerprint density at radius 2 is 1.11 bits per heavy atom. The Morgan fingerprint density at radius 1 is 0.643 bits per heavy atom. The van der Waals surface area contributed by atoms with Crippen molar-refractivity contribution in [3.05, 3.63) is 40.3 Å². The fourth-order valence-electron chi connectivity index (χ4n) is 7.48. The molecule has 0 saturated carbocycles. The Kier molecular flexibility index (Phi) is 29.7. The molecule has 0 fully saturated rings. The molecule has 320 valence electrons. The number of thiophene rings is 1. The lowest BCUT2D eigenvalue weighted by molar-refractivity contribution is -0.132. The minimum absolute atomic E-state index is 0.0271. The molecule has 3 amide bonds. The van der Waals surface area contributed by atoms with Crippen molar-refractivity contribution in [3.63, 3.8) is 0 Å². The van der Waals surface area contributed by atoms with E-state index in [9.17, 15) is 14.4 Å². The second kappa shape index (κ2) is 33.5. The van der Waals surface area contributed by atoms with Crippen LogP contribution in [0.15, 0.2) is 24.3 Å². The topological polar surface area (TPSA) is 81.8 Å². The van der Waals surface area contributed by atoms with Gasteiger partial charge in [-0.15, -0.1) is 11.3 Å². The van der Waals surface area contributed by atoms with Gasteiger partial charge in [0.25, 0.3) is 5.91 Å². The van der Waals surface area contributed by atoms with Crippen molar-refractivity contribution < 1.29 is 14.4 Å². The molecule has 1 aromatic rings. The summed E-state index contributed by atoms with van der Waals surface area (Å²) in [6.07, 6.45) is 43.2. The van der Waals surface area contributed by atoms with Crippen LogP contribution in [0, 0.1) is 0 Å². The van der Waals surface area contributed by atoms with E-state index < -0.39 is 0 Å². The zero-order valence-electron chi connectivity index (χ0n) is 36.7. The van der Waals surface area contributed by atoms with E-state index >= 15 is 0 Å². The van der Waals surface area contributed by atoms with Crippen LogP contribution < -0.4 is 10.6 Å². The number of nitrogens with one attached hydrogen (secondary N) is 2. The third-order valence-electron chi connectivity index (χ3n) is 11.1. The number of anilines is 1. The second-order valence-electron chi connectivity index (χ2n) is 16.5. The number of nitrogens with zero attached hydrogens (tertiary/aromatic N) is 2. The summed E-state index contributed by atoms with van der Waals surface area (Å²) in [5, 5.41) is 6.83. The van der Waals surface area contributed by atoms with Crippen LogP contribution >= 0.6 is 11.3 Å². The molecule has 0 aliphatic carbocycles. The lowest BCUT2D eigenvalue weighted by Crippen LogP contribution is -2.36. The molecule has 2 N–H and O–H groups in total. The molecule has 0 saturated heterocycles. The molecular formula is C48H84N4O3S. The van der Waals surface area contributed by atoms with Gasteiger partial charge in [0.15, 0.2) is 0 Å². The molecule has 2 rings (SSSR count). The number of rotatable bonds is 35. The molecule has 1 aliphatic rings. The number of amides is 3. The fraction of sp³-hybridized carbons (Fsp3) is 0.771. The van der Waals surface area contributed by atoms with Crippen LogP contribution in [-0.4, -0.2) is 61.3 Å². The maximum absolute atomic E-state index is 13.5. The van der Waals surface area contributed by atoms with Crippen molar-refractivity contribution >= 4 is 34.1 Å². The molecule has 1 aliphatic heterocycles. The zero-order valence-corrected chi connectivity index (χ0v) is 37.5. The normalized spacial score (nSPS) is 13.0. The molecule has 7 nitrogen and oxygen atoms in total. The smallest absolute Gasteiger partial charge is 0.254 e. The van der Waals surface area contributed by atoms with Gasteiger partial charge in [0, 0.05) is 37.4 Å². The Hall–Kier alpha value is -2.45. The van der Waals surface area contributed by atoms with Gasteiger partial charge in [0.05, 0.1) is 12.1 Å². The van der Waals surface area contributed by atoms with E-state index in [4.69, 9.17) is 0 Å². The van der Waals surface area contributed by atoms with E-state index in [1.807, 2.05) is 23.9 Å². The Balaban J connectivity index is 1.72. The van der Waals surface area contributed by atoms with Gasteiger partial charge in [0.2, 0.25) is 11.8 Å². The first-order valence-corrected chi connectivity index (χ1v) is 24.1. The summed E-state index contributed by atoms with van der Waals surface area (Å²) < 4.78 is 0. The third kappa shape index (κ3) is 23.7. The van der Waals surface area contributed by atoms with Crippen molar-refractivity contribution in [3.8, 4) is 0 Å². The van der Waals surface area contributed by atoms with Crippen LogP contribution in [0.2, 0.25) is 0 Å². The number of hydrogen-bond donors (Lipinski definition) is 2. The molecule has 2 heterocycles. The third-order valence-corrected chi connectivity index (χ3v) is 12.2. The van der Waals surface area contributed by atoms with E-state index in [0.29, 0.717) is 49.5 Å². The van der Waals surface area contributed by atoms with Crippen LogP contribution in [-0.2, 0) is 22.6 Å². The average Bonchev–Trinajstić information content (AvgIpc) is 3.54. The molecule has 8 heteroatoms. The minimum atomic E-state index is -0.131. The molecular weight excluding hydrogens is 713 g/mol. The summed E-state index contributed by atoms with van der Waals surface area (Å²) in [5.41, 5.74) is 1.60. The number of carbonyl (C=O) groups is 3. The molecule has 0 aromatic carbocycles. The molecule has 0 spiro atoms. The van der Waals surface area contributed by atoms with Gasteiger partial charge in [-0.25, -0.2) is 0 Å². The summed E-state index contributed by atoms with van der Waals surface area (Å²) in [7, 11) is 3.98. The average molecular weight is 797 g/mol. The van der Waals surface area contributed by atoms with Crippen molar-refractivity contribution in [2.75, 3.05) is 39.0 Å². The number of hydrogen-bond acceptors (Lipinski definition) is 5. The lowest BCUT2D eigenvalue weighted by Gasteiger charge is -2.27. The van der Waals surface area contributed by atoms with Gasteiger partial charge >= 0.3 is 0 Å². The maximum atomic E-state index is 13.5. The SMILES string of the molecule is CCCCCCCC/C=C\CCCCCCCC(=O)Nc1sc2c(c1C(=O)NCCN(C)C)CCN(C(=O)CCCCCCC/C=C\CCCCCCCC)C2. The Labute approximate surface area is 348 Å². The largest absolute Gasteiger partial charge is 0.351 e. The number of unbranched alkanes of at least 4 members (excludes halogenated alkanes) is 22. The Morgan fingerprint density at radius 3 is 1.61 bits per heavy atom. The summed E-state index contributed by atoms with van der Waals surface area (Å²) in [4.78, 5) is 44.9. The quantitative estimate of drug-likeness (QED) is 0.0529. The minimum Gasteiger partial charge on any atom is -0.351 e. The maximum Gasteiger partial charge on any atom is 0.254 e. The molecule has 0 unspecified atom stereocenters. The first-order chi connectivity index (χ1) is 27.4. The molecule has 0 radical (unpaired) electrons. The van der Waals surface area contributed by atoms with Gasteiger partial charge in [-0.3, -0.25) is 14.4 Å². The predicted molar refractivity (Wildman–Crippen MR) is 242 cm³/mol. The number of carbonyl (C=O) groups excluding carboxylic acids is 3. The first-order valence-electron chi connectivity index (χ1n) is 23.3. The summed E-state index contributed by atoms with van der Waals surface area (Å²) in [5.74, 6) is 0.0443.